The molecular formula is C17H24N2O4S. The Kier molecular flexibility index (Phi) is 5.28. The summed E-state index contributed by atoms with van der Waals surface area (Å²) in [5.74, 6) is 0.701. The Bertz CT molecular complexity index is 595. The van der Waals surface area contributed by atoms with E-state index in [4.69, 9.17) is 9.47 Å². The Balaban J connectivity index is 1.61. The lowest BCUT2D eigenvalue weighted by molar-refractivity contribution is 0.0637. The molecule has 0 spiro atoms. The molecule has 3 heterocycles. The Hall–Kier alpha value is -1.76. The normalized spacial score (nSPS) is 21.9. The number of thiophene rings is 1. The highest BCUT2D eigenvalue weighted by molar-refractivity contribution is 7.12. The van der Waals surface area contributed by atoms with Crippen molar-refractivity contribution in [3.05, 3.63) is 16.3 Å². The number of cyclic esters (lactones) is 1. The van der Waals surface area contributed by atoms with Crippen molar-refractivity contribution < 1.29 is 19.1 Å². The van der Waals surface area contributed by atoms with Crippen LogP contribution in [0.1, 0.15) is 42.8 Å². The number of carbonyl (C=O) groups is 2. The molecule has 0 bridgehead atoms. The number of rotatable bonds is 5. The number of hydrogen-bond donors (Lipinski definition) is 0. The molecule has 0 aliphatic carbocycles. The van der Waals surface area contributed by atoms with Gasteiger partial charge in [0.1, 0.15) is 17.2 Å². The number of hydrogen-bond acceptors (Lipinski definition) is 5. The second-order valence-electron chi connectivity index (χ2n) is 6.12. The van der Waals surface area contributed by atoms with Crippen molar-refractivity contribution in [3.63, 3.8) is 0 Å². The van der Waals surface area contributed by atoms with Gasteiger partial charge in [-0.15, -0.1) is 11.3 Å². The smallest absolute Gasteiger partial charge is 0.410 e. The van der Waals surface area contributed by atoms with E-state index in [9.17, 15) is 9.59 Å². The maximum absolute atomic E-state index is 12.7. The van der Waals surface area contributed by atoms with Crippen LogP contribution < -0.4 is 4.74 Å². The Labute approximate surface area is 146 Å². The molecule has 24 heavy (non-hydrogen) atoms. The zero-order chi connectivity index (χ0) is 17.1. The minimum absolute atomic E-state index is 0.0305. The fourth-order valence-electron chi connectivity index (χ4n) is 3.45. The SMILES string of the molecule is CCOc1ccsc1C(=O)N1CCC(N2C(=O)OCC2CC)CC1. The molecular weight excluding hydrogens is 328 g/mol. The van der Waals surface area contributed by atoms with Gasteiger partial charge in [-0.3, -0.25) is 9.69 Å². The van der Waals surface area contributed by atoms with Crippen LogP contribution in [0.2, 0.25) is 0 Å². The summed E-state index contributed by atoms with van der Waals surface area (Å²) in [6.07, 6.45) is 2.29. The number of piperidine rings is 1. The fraction of sp³-hybridized carbons (Fsp3) is 0.647. The van der Waals surface area contributed by atoms with Gasteiger partial charge in [-0.05, 0) is 37.6 Å². The van der Waals surface area contributed by atoms with Gasteiger partial charge in [0.2, 0.25) is 0 Å². The molecule has 2 aliphatic rings. The molecule has 1 atom stereocenters. The van der Waals surface area contributed by atoms with Crippen molar-refractivity contribution in [2.75, 3.05) is 26.3 Å². The molecule has 1 unspecified atom stereocenters. The maximum atomic E-state index is 12.7. The molecule has 2 aliphatic heterocycles. The van der Waals surface area contributed by atoms with Crippen LogP contribution in [0.25, 0.3) is 0 Å². The van der Waals surface area contributed by atoms with E-state index in [0.717, 1.165) is 19.3 Å². The van der Waals surface area contributed by atoms with Gasteiger partial charge in [-0.1, -0.05) is 6.92 Å². The largest absolute Gasteiger partial charge is 0.492 e. The molecule has 0 saturated carbocycles. The standard InChI is InChI=1S/C17H24N2O4S/c1-3-12-11-23-17(21)19(12)13-5-8-18(9-6-13)16(20)15-14(22-4-2)7-10-24-15/h7,10,12-13H,3-6,8-9,11H2,1-2H3. The van der Waals surface area contributed by atoms with Crippen LogP contribution in [-0.4, -0.2) is 60.2 Å². The molecule has 2 fully saturated rings. The van der Waals surface area contributed by atoms with Gasteiger partial charge in [-0.2, -0.15) is 0 Å². The van der Waals surface area contributed by atoms with E-state index >= 15 is 0 Å². The van der Waals surface area contributed by atoms with Crippen LogP contribution in [0.15, 0.2) is 11.4 Å². The number of nitrogens with zero attached hydrogens (tertiary/aromatic N) is 2. The highest BCUT2D eigenvalue weighted by Gasteiger charge is 2.39. The quantitative estimate of drug-likeness (QED) is 0.817. The lowest BCUT2D eigenvalue weighted by Gasteiger charge is -2.37. The molecule has 2 amide bonds. The number of carbonyl (C=O) groups excluding carboxylic acids is 2. The molecule has 0 N–H and O–H groups in total. The minimum Gasteiger partial charge on any atom is -0.492 e. The van der Waals surface area contributed by atoms with E-state index in [0.29, 0.717) is 36.9 Å². The summed E-state index contributed by atoms with van der Waals surface area (Å²) in [6, 6.07) is 2.19. The van der Waals surface area contributed by atoms with Crippen molar-refractivity contribution in [3.8, 4) is 5.75 Å². The van der Waals surface area contributed by atoms with E-state index in [-0.39, 0.29) is 24.1 Å². The molecule has 6 nitrogen and oxygen atoms in total. The summed E-state index contributed by atoms with van der Waals surface area (Å²) in [5, 5.41) is 1.89. The second-order valence-corrected chi connectivity index (χ2v) is 7.03. The zero-order valence-corrected chi connectivity index (χ0v) is 15.0. The topological polar surface area (TPSA) is 59.1 Å². The molecule has 2 saturated heterocycles. The molecule has 1 aromatic heterocycles. The van der Waals surface area contributed by atoms with Crippen LogP contribution in [-0.2, 0) is 4.74 Å². The van der Waals surface area contributed by atoms with Crippen LogP contribution in [0.4, 0.5) is 4.79 Å². The summed E-state index contributed by atoms with van der Waals surface area (Å²) < 4.78 is 10.7. The van der Waals surface area contributed by atoms with Crippen molar-refractivity contribution in [2.24, 2.45) is 0 Å². The number of ether oxygens (including phenoxy) is 2. The predicted molar refractivity (Wildman–Crippen MR) is 91.7 cm³/mol. The third kappa shape index (κ3) is 3.22. The Morgan fingerprint density at radius 2 is 2.12 bits per heavy atom. The monoisotopic (exact) mass is 352 g/mol. The first-order valence-electron chi connectivity index (χ1n) is 8.60. The number of amides is 2. The van der Waals surface area contributed by atoms with Gasteiger partial charge in [0.15, 0.2) is 0 Å². The second kappa shape index (κ2) is 7.42. The summed E-state index contributed by atoms with van der Waals surface area (Å²) in [5.41, 5.74) is 0. The predicted octanol–water partition coefficient (Wildman–Crippen LogP) is 2.98. The first-order chi connectivity index (χ1) is 11.7. The van der Waals surface area contributed by atoms with Crippen molar-refractivity contribution >= 4 is 23.3 Å². The molecule has 3 rings (SSSR count). The van der Waals surface area contributed by atoms with Gasteiger partial charge >= 0.3 is 6.09 Å². The Morgan fingerprint density at radius 3 is 2.79 bits per heavy atom. The molecule has 0 radical (unpaired) electrons. The molecule has 1 aromatic rings. The third-order valence-electron chi connectivity index (χ3n) is 4.74. The van der Waals surface area contributed by atoms with Crippen molar-refractivity contribution in [1.29, 1.82) is 0 Å². The fourth-order valence-corrected chi connectivity index (χ4v) is 4.25. The van der Waals surface area contributed by atoms with E-state index in [1.807, 2.05) is 28.2 Å². The average molecular weight is 352 g/mol. The van der Waals surface area contributed by atoms with E-state index < -0.39 is 0 Å². The summed E-state index contributed by atoms with van der Waals surface area (Å²) in [4.78, 5) is 29.1. The van der Waals surface area contributed by atoms with Crippen molar-refractivity contribution in [1.82, 2.24) is 9.80 Å². The summed E-state index contributed by atoms with van der Waals surface area (Å²) in [6.45, 7) is 6.34. The van der Waals surface area contributed by atoms with E-state index in [1.54, 1.807) is 0 Å². The average Bonchev–Trinajstić information content (AvgIpc) is 3.21. The van der Waals surface area contributed by atoms with E-state index in [1.165, 1.54) is 11.3 Å². The van der Waals surface area contributed by atoms with Crippen LogP contribution >= 0.6 is 11.3 Å². The van der Waals surface area contributed by atoms with Gasteiger partial charge < -0.3 is 14.4 Å². The third-order valence-corrected chi connectivity index (χ3v) is 5.63. The zero-order valence-electron chi connectivity index (χ0n) is 14.2. The van der Waals surface area contributed by atoms with Crippen LogP contribution in [0, 0.1) is 0 Å². The van der Waals surface area contributed by atoms with Gasteiger partial charge in [0.05, 0.1) is 12.6 Å². The van der Waals surface area contributed by atoms with Crippen LogP contribution in [0.5, 0.6) is 5.75 Å². The lowest BCUT2D eigenvalue weighted by Crippen LogP contribution is -2.49. The van der Waals surface area contributed by atoms with Crippen LogP contribution in [0.3, 0.4) is 0 Å². The first kappa shape index (κ1) is 17.1. The highest BCUT2D eigenvalue weighted by Crippen LogP contribution is 2.29. The summed E-state index contributed by atoms with van der Waals surface area (Å²) >= 11 is 1.42. The minimum atomic E-state index is -0.205. The lowest BCUT2D eigenvalue weighted by atomic mass is 10.0. The van der Waals surface area contributed by atoms with Gasteiger partial charge in [-0.25, -0.2) is 4.79 Å². The maximum Gasteiger partial charge on any atom is 0.410 e. The van der Waals surface area contributed by atoms with Gasteiger partial charge in [0.25, 0.3) is 5.91 Å². The first-order valence-corrected chi connectivity index (χ1v) is 9.48. The highest BCUT2D eigenvalue weighted by atomic mass is 32.1. The molecule has 132 valence electrons. The van der Waals surface area contributed by atoms with Crippen molar-refractivity contribution in [2.45, 2.75) is 45.2 Å². The summed E-state index contributed by atoms with van der Waals surface area (Å²) in [7, 11) is 0. The van der Waals surface area contributed by atoms with Gasteiger partial charge in [0, 0.05) is 19.1 Å². The molecule has 7 heteroatoms. The van der Waals surface area contributed by atoms with E-state index in [2.05, 4.69) is 6.92 Å². The molecule has 0 aromatic carbocycles. The Morgan fingerprint density at radius 1 is 1.38 bits per heavy atom. The number of likely N-dealkylation sites (tertiary alicyclic amines) is 1.